The third-order valence-corrected chi connectivity index (χ3v) is 2.51. The molecule has 0 aliphatic carbocycles. The van der Waals surface area contributed by atoms with Crippen molar-refractivity contribution in [2.75, 3.05) is 12.3 Å². The largest absolute Gasteiger partial charge is 0.489 e. The van der Waals surface area contributed by atoms with Gasteiger partial charge < -0.3 is 20.5 Å². The molecular weight excluding hydrogens is 256 g/mol. The molecule has 0 bridgehead atoms. The van der Waals surface area contributed by atoms with Crippen molar-refractivity contribution in [2.24, 2.45) is 0 Å². The van der Waals surface area contributed by atoms with Crippen LogP contribution in [0.3, 0.4) is 0 Å². The number of amides is 1. The molecule has 112 valence electrons. The topological polar surface area (TPSA) is 73.6 Å². The third kappa shape index (κ3) is 5.82. The molecule has 1 aromatic rings. The highest BCUT2D eigenvalue weighted by Crippen LogP contribution is 2.19. The summed E-state index contributed by atoms with van der Waals surface area (Å²) >= 11 is 0. The van der Waals surface area contributed by atoms with Gasteiger partial charge in [-0.05, 0) is 58.4 Å². The molecule has 0 saturated carbocycles. The molecule has 3 N–H and O–H groups in total. The lowest BCUT2D eigenvalue weighted by Gasteiger charge is -2.21. The number of hydrogen-bond donors (Lipinski definition) is 2. The van der Waals surface area contributed by atoms with Crippen molar-refractivity contribution < 1.29 is 14.3 Å². The molecule has 1 unspecified atom stereocenters. The van der Waals surface area contributed by atoms with Crippen LogP contribution in [-0.2, 0) is 4.74 Å². The Bertz CT molecular complexity index is 467. The van der Waals surface area contributed by atoms with Gasteiger partial charge in [0.1, 0.15) is 17.5 Å². The highest BCUT2D eigenvalue weighted by molar-refractivity contribution is 5.67. The maximum Gasteiger partial charge on any atom is 0.407 e. The molecule has 0 saturated heterocycles. The molecule has 0 aromatic heterocycles. The molecule has 0 heterocycles. The summed E-state index contributed by atoms with van der Waals surface area (Å²) < 4.78 is 10.9. The lowest BCUT2D eigenvalue weighted by Crippen LogP contribution is -2.37. The van der Waals surface area contributed by atoms with Crippen LogP contribution in [-0.4, -0.2) is 24.3 Å². The van der Waals surface area contributed by atoms with E-state index in [0.717, 1.165) is 17.0 Å². The monoisotopic (exact) mass is 280 g/mol. The molecule has 1 aromatic carbocycles. The third-order valence-electron chi connectivity index (χ3n) is 2.51. The second-order valence-electron chi connectivity index (χ2n) is 5.83. The molecule has 1 atom stereocenters. The Kier molecular flexibility index (Phi) is 5.25. The average Bonchev–Trinajstić information content (AvgIpc) is 2.29. The summed E-state index contributed by atoms with van der Waals surface area (Å²) in [6.07, 6.45) is -0.605. The molecule has 1 rings (SSSR count). The molecule has 0 aliphatic rings. The van der Waals surface area contributed by atoms with Crippen molar-refractivity contribution in [3.05, 3.63) is 23.8 Å². The maximum atomic E-state index is 11.5. The van der Waals surface area contributed by atoms with Crippen molar-refractivity contribution in [3.8, 4) is 5.75 Å². The van der Waals surface area contributed by atoms with Crippen LogP contribution in [0.2, 0.25) is 0 Å². The molecule has 5 heteroatoms. The lowest BCUT2D eigenvalue weighted by atomic mass is 10.2. The molecule has 5 nitrogen and oxygen atoms in total. The highest BCUT2D eigenvalue weighted by atomic mass is 16.6. The van der Waals surface area contributed by atoms with E-state index in [1.54, 1.807) is 6.07 Å². The van der Waals surface area contributed by atoms with E-state index in [2.05, 4.69) is 5.32 Å². The first kappa shape index (κ1) is 16.1. The second-order valence-corrected chi connectivity index (χ2v) is 5.83. The van der Waals surface area contributed by atoms with E-state index in [9.17, 15) is 4.79 Å². The van der Waals surface area contributed by atoms with Crippen LogP contribution in [0.5, 0.6) is 5.75 Å². The number of alkyl carbamates (subject to hydrolysis) is 1. The number of ether oxygens (including phenoxy) is 2. The van der Waals surface area contributed by atoms with Crippen molar-refractivity contribution in [1.29, 1.82) is 0 Å². The number of carbonyl (C=O) groups is 1. The minimum atomic E-state index is -0.498. The minimum absolute atomic E-state index is 0.162. The number of hydrogen-bond acceptors (Lipinski definition) is 4. The standard InChI is InChI=1S/C15H24N2O3/c1-10-8-12(6-7-13(10)16)19-11(2)9-17-14(18)20-15(3,4)5/h6-8,11H,9,16H2,1-5H3,(H,17,18). The van der Waals surface area contributed by atoms with E-state index in [4.69, 9.17) is 15.2 Å². The lowest BCUT2D eigenvalue weighted by molar-refractivity contribution is 0.0505. The first-order valence-electron chi connectivity index (χ1n) is 6.67. The molecular formula is C15H24N2O3. The van der Waals surface area contributed by atoms with E-state index in [1.807, 2.05) is 46.8 Å². The quantitative estimate of drug-likeness (QED) is 0.832. The Morgan fingerprint density at radius 2 is 2.05 bits per heavy atom. The molecule has 0 radical (unpaired) electrons. The van der Waals surface area contributed by atoms with Crippen LogP contribution in [0, 0.1) is 6.92 Å². The normalized spacial score (nSPS) is 12.7. The molecule has 20 heavy (non-hydrogen) atoms. The summed E-state index contributed by atoms with van der Waals surface area (Å²) in [5, 5.41) is 2.67. The number of nitrogens with one attached hydrogen (secondary N) is 1. The summed E-state index contributed by atoms with van der Waals surface area (Å²) in [5.41, 5.74) is 6.95. The summed E-state index contributed by atoms with van der Waals surface area (Å²) in [6, 6.07) is 5.49. The summed E-state index contributed by atoms with van der Waals surface area (Å²) in [7, 11) is 0. The zero-order valence-electron chi connectivity index (χ0n) is 12.8. The minimum Gasteiger partial charge on any atom is -0.489 e. The molecule has 0 fully saturated rings. The van der Waals surface area contributed by atoms with Crippen molar-refractivity contribution in [3.63, 3.8) is 0 Å². The number of nitrogen functional groups attached to an aromatic ring is 1. The van der Waals surface area contributed by atoms with Gasteiger partial charge in [-0.3, -0.25) is 0 Å². The van der Waals surface area contributed by atoms with Gasteiger partial charge >= 0.3 is 6.09 Å². The predicted molar refractivity (Wildman–Crippen MR) is 79.9 cm³/mol. The van der Waals surface area contributed by atoms with Crippen LogP contribution in [0.4, 0.5) is 10.5 Å². The zero-order valence-corrected chi connectivity index (χ0v) is 12.8. The Labute approximate surface area is 120 Å². The smallest absolute Gasteiger partial charge is 0.407 e. The highest BCUT2D eigenvalue weighted by Gasteiger charge is 2.16. The van der Waals surface area contributed by atoms with Crippen LogP contribution >= 0.6 is 0 Å². The van der Waals surface area contributed by atoms with Gasteiger partial charge in [0.2, 0.25) is 0 Å². The predicted octanol–water partition coefficient (Wildman–Crippen LogP) is 2.87. The van der Waals surface area contributed by atoms with Crippen molar-refractivity contribution in [1.82, 2.24) is 5.32 Å². The van der Waals surface area contributed by atoms with E-state index >= 15 is 0 Å². The summed E-state index contributed by atoms with van der Waals surface area (Å²) in [6.45, 7) is 9.64. The number of carbonyl (C=O) groups excluding carboxylic acids is 1. The fourth-order valence-electron chi connectivity index (χ4n) is 1.54. The number of anilines is 1. The fourth-order valence-corrected chi connectivity index (χ4v) is 1.54. The SMILES string of the molecule is Cc1cc(OC(C)CNC(=O)OC(C)(C)C)ccc1N. The number of aryl methyl sites for hydroxylation is 1. The van der Waals surface area contributed by atoms with E-state index in [0.29, 0.717) is 6.54 Å². The first-order chi connectivity index (χ1) is 9.17. The Morgan fingerprint density at radius 3 is 2.60 bits per heavy atom. The number of rotatable bonds is 4. The molecule has 1 amide bonds. The number of benzene rings is 1. The first-order valence-corrected chi connectivity index (χ1v) is 6.67. The van der Waals surface area contributed by atoms with Crippen molar-refractivity contribution in [2.45, 2.75) is 46.3 Å². The maximum absolute atomic E-state index is 11.5. The summed E-state index contributed by atoms with van der Waals surface area (Å²) in [5.74, 6) is 0.732. The Hall–Kier alpha value is -1.91. The van der Waals surface area contributed by atoms with Gasteiger partial charge in [0.05, 0.1) is 6.54 Å². The van der Waals surface area contributed by atoms with Crippen LogP contribution in [0.25, 0.3) is 0 Å². The zero-order chi connectivity index (χ0) is 15.3. The fraction of sp³-hybridized carbons (Fsp3) is 0.533. The van der Waals surface area contributed by atoms with E-state index in [-0.39, 0.29) is 6.10 Å². The Morgan fingerprint density at radius 1 is 1.40 bits per heavy atom. The van der Waals surface area contributed by atoms with Gasteiger partial charge in [-0.15, -0.1) is 0 Å². The average molecular weight is 280 g/mol. The Balaban J connectivity index is 2.42. The molecule has 0 aliphatic heterocycles. The molecule has 0 spiro atoms. The summed E-state index contributed by atoms with van der Waals surface area (Å²) in [4.78, 5) is 11.5. The van der Waals surface area contributed by atoms with Crippen LogP contribution in [0.15, 0.2) is 18.2 Å². The van der Waals surface area contributed by atoms with Gasteiger partial charge in [0, 0.05) is 5.69 Å². The van der Waals surface area contributed by atoms with Gasteiger partial charge in [-0.1, -0.05) is 0 Å². The van der Waals surface area contributed by atoms with Crippen LogP contribution in [0.1, 0.15) is 33.3 Å². The van der Waals surface area contributed by atoms with Crippen molar-refractivity contribution >= 4 is 11.8 Å². The second kappa shape index (κ2) is 6.50. The van der Waals surface area contributed by atoms with Gasteiger partial charge in [0.25, 0.3) is 0 Å². The van der Waals surface area contributed by atoms with Gasteiger partial charge in [-0.25, -0.2) is 4.79 Å². The number of nitrogens with two attached hydrogens (primary N) is 1. The van der Waals surface area contributed by atoms with Crippen LogP contribution < -0.4 is 15.8 Å². The van der Waals surface area contributed by atoms with Gasteiger partial charge in [0.15, 0.2) is 0 Å². The van der Waals surface area contributed by atoms with E-state index in [1.165, 1.54) is 0 Å². The van der Waals surface area contributed by atoms with Gasteiger partial charge in [-0.2, -0.15) is 0 Å². The van der Waals surface area contributed by atoms with E-state index < -0.39 is 11.7 Å².